The monoisotopic (exact) mass is 479 g/mol. The Bertz CT molecular complexity index is 855. The molecule has 6 fully saturated rings. The van der Waals surface area contributed by atoms with Crippen molar-refractivity contribution in [1.29, 1.82) is 0 Å². The summed E-state index contributed by atoms with van der Waals surface area (Å²) in [5, 5.41) is 12.8. The molecule has 192 valence electrons. The summed E-state index contributed by atoms with van der Waals surface area (Å²) in [4.78, 5) is 15.0. The second-order valence-corrected chi connectivity index (χ2v) is 11.8. The first-order valence-electron chi connectivity index (χ1n) is 13.1. The van der Waals surface area contributed by atoms with Gasteiger partial charge in [-0.15, -0.1) is 0 Å². The molecule has 13 atom stereocenters. The molecule has 0 aromatic heterocycles. The minimum Gasteiger partial charge on any atom is -0.457 e. The molecule has 0 aromatic carbocycles. The van der Waals surface area contributed by atoms with Gasteiger partial charge in [-0.2, -0.15) is 0 Å². The van der Waals surface area contributed by atoms with Crippen molar-refractivity contribution in [1.82, 2.24) is 4.90 Å². The Morgan fingerprint density at radius 1 is 1.06 bits per heavy atom. The Kier molecular flexibility index (Phi) is 5.29. The predicted octanol–water partition coefficient (Wildman–Crippen LogP) is 1.48. The molecule has 1 N–H and O–H groups in total. The molecule has 5 aliphatic carbocycles. The van der Waals surface area contributed by atoms with Gasteiger partial charge < -0.3 is 28.8 Å². The van der Waals surface area contributed by atoms with E-state index in [4.69, 9.17) is 23.7 Å². The largest absolute Gasteiger partial charge is 0.457 e. The lowest BCUT2D eigenvalue weighted by molar-refractivity contribution is -0.288. The van der Waals surface area contributed by atoms with Crippen LogP contribution in [0.15, 0.2) is 0 Å². The summed E-state index contributed by atoms with van der Waals surface area (Å²) in [6.45, 7) is 5.21. The third kappa shape index (κ3) is 2.44. The SMILES string of the molecule is CCN1CC2(OC(C)=O)CCC(OC)C34C5CC6C(OC)CC(O)(C5C6OC)C(C(OC)C23)C14. The zero-order chi connectivity index (χ0) is 24.2. The Labute approximate surface area is 202 Å². The zero-order valence-corrected chi connectivity index (χ0v) is 21.4. The molecule has 0 aromatic rings. The molecule has 8 heteroatoms. The molecule has 1 aliphatic heterocycles. The normalized spacial score (nSPS) is 57.0. The van der Waals surface area contributed by atoms with Gasteiger partial charge in [-0.3, -0.25) is 9.69 Å². The maximum atomic E-state index is 12.8. The fourth-order valence-corrected chi connectivity index (χ4v) is 11.0. The van der Waals surface area contributed by atoms with Gasteiger partial charge in [0.05, 0.1) is 30.0 Å². The van der Waals surface area contributed by atoms with E-state index in [1.807, 2.05) is 7.11 Å². The molecule has 13 unspecified atom stereocenters. The van der Waals surface area contributed by atoms with Crippen LogP contribution in [0.25, 0.3) is 0 Å². The van der Waals surface area contributed by atoms with Crippen molar-refractivity contribution in [2.75, 3.05) is 41.5 Å². The predicted molar refractivity (Wildman–Crippen MR) is 122 cm³/mol. The molecule has 5 saturated carbocycles. The number of carbonyl (C=O) groups excluding carboxylic acids is 1. The van der Waals surface area contributed by atoms with Gasteiger partial charge in [0.15, 0.2) is 0 Å². The topological polar surface area (TPSA) is 86.7 Å². The van der Waals surface area contributed by atoms with E-state index in [-0.39, 0.29) is 71.4 Å². The summed E-state index contributed by atoms with van der Waals surface area (Å²) < 4.78 is 31.2. The number of fused-ring (bicyclic) bond motifs is 2. The van der Waals surface area contributed by atoms with Crippen LogP contribution in [0.5, 0.6) is 0 Å². The van der Waals surface area contributed by atoms with Gasteiger partial charge >= 0.3 is 5.97 Å². The molecular weight excluding hydrogens is 438 g/mol. The summed E-state index contributed by atoms with van der Waals surface area (Å²) >= 11 is 0. The molecule has 7 bridgehead atoms. The number of likely N-dealkylation sites (tertiary alicyclic amines) is 1. The van der Waals surface area contributed by atoms with Crippen molar-refractivity contribution in [2.24, 2.45) is 35.0 Å². The summed E-state index contributed by atoms with van der Waals surface area (Å²) in [5.41, 5.74) is -1.91. The highest BCUT2D eigenvalue weighted by Gasteiger charge is 2.87. The maximum Gasteiger partial charge on any atom is 0.303 e. The minimum atomic E-state index is -0.981. The first-order chi connectivity index (χ1) is 16.3. The average Bonchev–Trinajstić information content (AvgIpc) is 3.26. The number of rotatable bonds is 6. The number of hydrogen-bond acceptors (Lipinski definition) is 8. The first kappa shape index (κ1) is 23.6. The number of methoxy groups -OCH3 is 4. The van der Waals surface area contributed by atoms with E-state index < -0.39 is 11.2 Å². The number of ether oxygens (including phenoxy) is 5. The van der Waals surface area contributed by atoms with E-state index >= 15 is 0 Å². The van der Waals surface area contributed by atoms with Crippen molar-refractivity contribution in [3.8, 4) is 0 Å². The zero-order valence-electron chi connectivity index (χ0n) is 21.4. The lowest BCUT2D eigenvalue weighted by atomic mass is 9.45. The highest BCUT2D eigenvalue weighted by atomic mass is 16.6. The van der Waals surface area contributed by atoms with E-state index in [0.29, 0.717) is 13.0 Å². The quantitative estimate of drug-likeness (QED) is 0.574. The molecule has 6 rings (SSSR count). The van der Waals surface area contributed by atoms with Crippen molar-refractivity contribution in [3.63, 3.8) is 0 Å². The van der Waals surface area contributed by atoms with E-state index in [9.17, 15) is 9.90 Å². The van der Waals surface area contributed by atoms with Crippen molar-refractivity contribution >= 4 is 5.97 Å². The van der Waals surface area contributed by atoms with E-state index in [0.717, 1.165) is 25.8 Å². The first-order valence-corrected chi connectivity index (χ1v) is 13.1. The third-order valence-corrected chi connectivity index (χ3v) is 11.3. The molecule has 1 heterocycles. The fourth-order valence-electron chi connectivity index (χ4n) is 11.0. The van der Waals surface area contributed by atoms with Crippen LogP contribution in [-0.4, -0.2) is 99.2 Å². The van der Waals surface area contributed by atoms with Gasteiger partial charge in [-0.1, -0.05) is 6.92 Å². The van der Waals surface area contributed by atoms with Crippen LogP contribution in [0.3, 0.4) is 0 Å². The van der Waals surface area contributed by atoms with Crippen LogP contribution >= 0.6 is 0 Å². The Balaban J connectivity index is 1.63. The standard InChI is InChI=1S/C26H41NO7/c1-7-27-12-24(34-13(2)28)9-8-17(31-4)26-15-10-14-16(30-3)11-25(29,18(15)20(14)32-5)19(23(26)27)21(33-6)22(24)26/h14-23,29H,7-12H2,1-6H3. The van der Waals surface area contributed by atoms with Crippen LogP contribution in [0, 0.1) is 35.0 Å². The van der Waals surface area contributed by atoms with Crippen LogP contribution < -0.4 is 0 Å². The summed E-state index contributed by atoms with van der Waals surface area (Å²) in [7, 11) is 7.12. The smallest absolute Gasteiger partial charge is 0.303 e. The molecule has 0 radical (unpaired) electrons. The molecular formula is C26H41NO7. The molecule has 1 spiro atoms. The van der Waals surface area contributed by atoms with E-state index in [1.165, 1.54) is 6.92 Å². The lowest BCUT2D eigenvalue weighted by Gasteiger charge is -2.68. The number of carbonyl (C=O) groups is 1. The van der Waals surface area contributed by atoms with Crippen LogP contribution in [0.1, 0.15) is 39.5 Å². The molecule has 6 aliphatic rings. The van der Waals surface area contributed by atoms with E-state index in [2.05, 4.69) is 11.8 Å². The highest BCUT2D eigenvalue weighted by molar-refractivity contribution is 5.67. The maximum absolute atomic E-state index is 12.8. The van der Waals surface area contributed by atoms with Gasteiger partial charge in [0, 0.05) is 83.5 Å². The summed E-state index contributed by atoms with van der Waals surface area (Å²) in [6, 6.07) is 0.0968. The number of piperidine rings is 1. The second-order valence-electron chi connectivity index (χ2n) is 11.8. The van der Waals surface area contributed by atoms with Crippen LogP contribution in [-0.2, 0) is 28.5 Å². The Hall–Kier alpha value is -0.770. The van der Waals surface area contributed by atoms with Gasteiger partial charge in [0.2, 0.25) is 0 Å². The minimum absolute atomic E-state index is 0.00980. The number of nitrogens with zero attached hydrogens (tertiary/aromatic N) is 1. The molecule has 8 nitrogen and oxygen atoms in total. The van der Waals surface area contributed by atoms with Crippen LogP contribution in [0.4, 0.5) is 0 Å². The molecule has 1 saturated heterocycles. The van der Waals surface area contributed by atoms with Crippen molar-refractivity contribution in [3.05, 3.63) is 0 Å². The van der Waals surface area contributed by atoms with Gasteiger partial charge in [-0.25, -0.2) is 0 Å². The highest BCUT2D eigenvalue weighted by Crippen LogP contribution is 2.78. The van der Waals surface area contributed by atoms with E-state index in [1.54, 1.807) is 21.3 Å². The van der Waals surface area contributed by atoms with Crippen molar-refractivity contribution in [2.45, 2.75) is 81.2 Å². The average molecular weight is 480 g/mol. The Morgan fingerprint density at radius 3 is 2.38 bits per heavy atom. The van der Waals surface area contributed by atoms with Gasteiger partial charge in [0.1, 0.15) is 5.60 Å². The van der Waals surface area contributed by atoms with Gasteiger partial charge in [0.25, 0.3) is 0 Å². The number of esters is 1. The second kappa shape index (κ2) is 7.62. The molecule has 0 amide bonds. The van der Waals surface area contributed by atoms with Crippen LogP contribution in [0.2, 0.25) is 0 Å². The third-order valence-electron chi connectivity index (χ3n) is 11.3. The Morgan fingerprint density at radius 2 is 1.79 bits per heavy atom. The summed E-state index contributed by atoms with van der Waals surface area (Å²) in [6.07, 6.45) is 2.76. The molecule has 34 heavy (non-hydrogen) atoms. The van der Waals surface area contributed by atoms with Gasteiger partial charge in [-0.05, 0) is 31.7 Å². The fraction of sp³-hybridized carbons (Fsp3) is 0.962. The number of hydrogen-bond donors (Lipinski definition) is 1. The number of aliphatic hydroxyl groups is 1. The van der Waals surface area contributed by atoms with Crippen molar-refractivity contribution < 1.29 is 33.6 Å². The lowest BCUT2D eigenvalue weighted by Crippen LogP contribution is -2.78. The summed E-state index contributed by atoms with van der Waals surface area (Å²) in [5.74, 6) is -0.00461. The number of likely N-dealkylation sites (N-methyl/N-ethyl adjacent to an activating group) is 1.